The van der Waals surface area contributed by atoms with Crippen LogP contribution in [0.3, 0.4) is 0 Å². The highest BCUT2D eigenvalue weighted by Crippen LogP contribution is 2.30. The molecule has 0 aliphatic carbocycles. The van der Waals surface area contributed by atoms with Crippen LogP contribution in [0, 0.1) is 10.1 Å². The fourth-order valence-electron chi connectivity index (χ4n) is 1.37. The molecule has 1 aromatic carbocycles. The first-order valence-electron chi connectivity index (χ1n) is 5.36. The van der Waals surface area contributed by atoms with Gasteiger partial charge in [-0.2, -0.15) is 0 Å². The van der Waals surface area contributed by atoms with Crippen molar-refractivity contribution in [1.29, 1.82) is 0 Å². The lowest BCUT2D eigenvalue weighted by Crippen LogP contribution is -2.29. The molecule has 0 amide bonds. The van der Waals surface area contributed by atoms with Gasteiger partial charge in [0.25, 0.3) is 0 Å². The Bertz CT molecular complexity index is 410. The van der Waals surface area contributed by atoms with Gasteiger partial charge in [0.2, 0.25) is 0 Å². The van der Waals surface area contributed by atoms with E-state index in [0.717, 1.165) is 0 Å². The highest BCUT2D eigenvalue weighted by molar-refractivity contribution is 5.50. The number of ether oxygens (including phenoxy) is 2. The number of likely N-dealkylation sites (N-methyl/N-ethyl adjacent to an activating group) is 1. The fourth-order valence-corrected chi connectivity index (χ4v) is 1.37. The minimum atomic E-state index is -0.725. The lowest BCUT2D eigenvalue weighted by Gasteiger charge is -2.12. The van der Waals surface area contributed by atoms with Crippen molar-refractivity contribution in [2.45, 2.75) is 6.10 Å². The summed E-state index contributed by atoms with van der Waals surface area (Å²) in [6, 6.07) is 4.29. The molecule has 2 N–H and O–H groups in total. The zero-order valence-electron chi connectivity index (χ0n) is 10.3. The van der Waals surface area contributed by atoms with Crippen molar-refractivity contribution in [3.8, 4) is 11.5 Å². The van der Waals surface area contributed by atoms with Gasteiger partial charge in [0.05, 0.1) is 18.1 Å². The molecule has 7 heteroatoms. The maximum absolute atomic E-state index is 10.9. The van der Waals surface area contributed by atoms with Gasteiger partial charge in [0, 0.05) is 6.54 Å². The lowest BCUT2D eigenvalue weighted by molar-refractivity contribution is -0.386. The molecule has 1 unspecified atom stereocenters. The van der Waals surface area contributed by atoms with Gasteiger partial charge in [-0.25, -0.2) is 0 Å². The monoisotopic (exact) mass is 256 g/mol. The summed E-state index contributed by atoms with van der Waals surface area (Å²) >= 11 is 0. The molecule has 1 atom stereocenters. The summed E-state index contributed by atoms with van der Waals surface area (Å²) in [5.74, 6) is 0.487. The Morgan fingerprint density at radius 1 is 1.56 bits per heavy atom. The number of hydrogen-bond donors (Lipinski definition) is 2. The van der Waals surface area contributed by atoms with Gasteiger partial charge >= 0.3 is 5.69 Å². The number of rotatable bonds is 7. The Labute approximate surface area is 104 Å². The van der Waals surface area contributed by atoms with Gasteiger partial charge < -0.3 is 19.9 Å². The van der Waals surface area contributed by atoms with Gasteiger partial charge in [0.1, 0.15) is 18.5 Å². The summed E-state index contributed by atoms with van der Waals surface area (Å²) in [6.45, 7) is 0.331. The van der Waals surface area contributed by atoms with E-state index in [1.165, 1.54) is 19.2 Å². The predicted octanol–water partition coefficient (Wildman–Crippen LogP) is 0.562. The molecule has 0 bridgehead atoms. The van der Waals surface area contributed by atoms with Crippen molar-refractivity contribution in [3.63, 3.8) is 0 Å². The van der Waals surface area contributed by atoms with Crippen LogP contribution in [0.25, 0.3) is 0 Å². The summed E-state index contributed by atoms with van der Waals surface area (Å²) in [7, 11) is 3.12. The van der Waals surface area contributed by atoms with Crippen LogP contribution in [-0.4, -0.2) is 43.4 Å². The molecule has 7 nitrogen and oxygen atoms in total. The van der Waals surface area contributed by atoms with Gasteiger partial charge in [-0.3, -0.25) is 10.1 Å². The molecule has 0 saturated heterocycles. The molecule has 0 aromatic heterocycles. The summed E-state index contributed by atoms with van der Waals surface area (Å²) in [4.78, 5) is 10.3. The summed E-state index contributed by atoms with van der Waals surface area (Å²) in [5.41, 5.74) is -0.189. The molecule has 0 radical (unpaired) electrons. The van der Waals surface area contributed by atoms with Gasteiger partial charge in [-0.05, 0) is 19.2 Å². The Morgan fingerprint density at radius 3 is 2.83 bits per heavy atom. The number of nitrogens with one attached hydrogen (secondary N) is 1. The molecule has 1 aromatic rings. The summed E-state index contributed by atoms with van der Waals surface area (Å²) < 4.78 is 10.1. The molecular formula is C11H16N2O5. The van der Waals surface area contributed by atoms with E-state index in [-0.39, 0.29) is 18.0 Å². The number of nitro benzene ring substituents is 1. The number of nitrogens with zero attached hydrogens (tertiary/aromatic N) is 1. The molecule has 18 heavy (non-hydrogen) atoms. The first kappa shape index (κ1) is 14.2. The van der Waals surface area contributed by atoms with E-state index in [1.54, 1.807) is 13.1 Å². The molecule has 1 rings (SSSR count). The summed E-state index contributed by atoms with van der Waals surface area (Å²) in [5, 5.41) is 23.1. The second-order valence-electron chi connectivity index (χ2n) is 3.61. The van der Waals surface area contributed by atoms with Crippen molar-refractivity contribution in [2.24, 2.45) is 0 Å². The Morgan fingerprint density at radius 2 is 2.28 bits per heavy atom. The van der Waals surface area contributed by atoms with Crippen LogP contribution in [0.1, 0.15) is 0 Å². The minimum absolute atomic E-state index is 0.0198. The third-order valence-electron chi connectivity index (χ3n) is 2.23. The van der Waals surface area contributed by atoms with E-state index in [2.05, 4.69) is 5.32 Å². The van der Waals surface area contributed by atoms with E-state index in [9.17, 15) is 15.2 Å². The number of methoxy groups -OCH3 is 1. The molecule has 0 aliphatic heterocycles. The zero-order valence-corrected chi connectivity index (χ0v) is 10.3. The predicted molar refractivity (Wildman–Crippen MR) is 65.1 cm³/mol. The molecular weight excluding hydrogens is 240 g/mol. The quantitative estimate of drug-likeness (QED) is 0.547. The first-order valence-corrected chi connectivity index (χ1v) is 5.36. The normalized spacial score (nSPS) is 11.9. The highest BCUT2D eigenvalue weighted by Gasteiger charge is 2.17. The smallest absolute Gasteiger partial charge is 0.314 e. The largest absolute Gasteiger partial charge is 0.496 e. The van der Waals surface area contributed by atoms with E-state index < -0.39 is 11.0 Å². The van der Waals surface area contributed by atoms with E-state index in [0.29, 0.717) is 12.3 Å². The highest BCUT2D eigenvalue weighted by atomic mass is 16.6. The Kier molecular flexibility index (Phi) is 5.34. The van der Waals surface area contributed by atoms with Crippen molar-refractivity contribution in [1.82, 2.24) is 5.32 Å². The standard InChI is InChI=1S/C11H16N2O5/c1-12-6-8(14)7-18-11-4-3-9(17-2)5-10(11)13(15)16/h3-5,8,12,14H,6-7H2,1-2H3. The van der Waals surface area contributed by atoms with Gasteiger partial charge in [0.15, 0.2) is 5.75 Å². The number of hydrogen-bond acceptors (Lipinski definition) is 6. The van der Waals surface area contributed by atoms with Crippen LogP contribution in [0.5, 0.6) is 11.5 Å². The van der Waals surface area contributed by atoms with Crippen molar-refractivity contribution in [3.05, 3.63) is 28.3 Å². The van der Waals surface area contributed by atoms with E-state index in [1.807, 2.05) is 0 Å². The van der Waals surface area contributed by atoms with Crippen LogP contribution < -0.4 is 14.8 Å². The maximum Gasteiger partial charge on any atom is 0.314 e. The Balaban J connectivity index is 2.78. The van der Waals surface area contributed by atoms with Crippen LogP contribution in [0.4, 0.5) is 5.69 Å². The third-order valence-corrected chi connectivity index (χ3v) is 2.23. The van der Waals surface area contributed by atoms with E-state index >= 15 is 0 Å². The van der Waals surface area contributed by atoms with Crippen molar-refractivity contribution >= 4 is 5.69 Å². The number of aliphatic hydroxyl groups is 1. The average Bonchev–Trinajstić information content (AvgIpc) is 2.36. The van der Waals surface area contributed by atoms with Crippen molar-refractivity contribution in [2.75, 3.05) is 27.3 Å². The SMILES string of the molecule is CNCC(O)COc1ccc(OC)cc1[N+](=O)[O-]. The second kappa shape index (κ2) is 6.77. The molecule has 0 aliphatic rings. The maximum atomic E-state index is 10.9. The molecule has 0 fully saturated rings. The third kappa shape index (κ3) is 3.86. The molecule has 0 saturated carbocycles. The second-order valence-corrected chi connectivity index (χ2v) is 3.61. The number of nitro groups is 1. The van der Waals surface area contributed by atoms with Gasteiger partial charge in [-0.1, -0.05) is 0 Å². The Hall–Kier alpha value is -1.86. The van der Waals surface area contributed by atoms with Crippen LogP contribution in [0.2, 0.25) is 0 Å². The first-order chi connectivity index (χ1) is 8.58. The summed E-state index contributed by atoms with van der Waals surface area (Å²) in [6.07, 6.45) is -0.725. The topological polar surface area (TPSA) is 93.9 Å². The number of aliphatic hydroxyl groups excluding tert-OH is 1. The lowest BCUT2D eigenvalue weighted by atomic mass is 10.2. The van der Waals surface area contributed by atoms with Gasteiger partial charge in [-0.15, -0.1) is 0 Å². The molecule has 100 valence electrons. The molecule has 0 spiro atoms. The van der Waals surface area contributed by atoms with Crippen LogP contribution >= 0.6 is 0 Å². The fraction of sp³-hybridized carbons (Fsp3) is 0.455. The molecule has 0 heterocycles. The minimum Gasteiger partial charge on any atom is -0.496 e. The number of benzene rings is 1. The van der Waals surface area contributed by atoms with Crippen LogP contribution in [0.15, 0.2) is 18.2 Å². The average molecular weight is 256 g/mol. The van der Waals surface area contributed by atoms with Crippen LogP contribution in [-0.2, 0) is 0 Å². The van der Waals surface area contributed by atoms with Crippen molar-refractivity contribution < 1.29 is 19.5 Å². The van der Waals surface area contributed by atoms with E-state index in [4.69, 9.17) is 9.47 Å². The zero-order chi connectivity index (χ0) is 13.5.